The van der Waals surface area contributed by atoms with Crippen LogP contribution >= 0.6 is 23.2 Å². The van der Waals surface area contributed by atoms with E-state index in [1.807, 2.05) is 13.8 Å². The highest BCUT2D eigenvalue weighted by Gasteiger charge is 2.28. The lowest BCUT2D eigenvalue weighted by Crippen LogP contribution is -2.49. The second-order valence-electron chi connectivity index (χ2n) is 6.39. The molecule has 0 heterocycles. The summed E-state index contributed by atoms with van der Waals surface area (Å²) in [5.41, 5.74) is 1.45. The van der Waals surface area contributed by atoms with E-state index in [0.717, 1.165) is 5.56 Å². The van der Waals surface area contributed by atoms with Crippen LogP contribution in [0.2, 0.25) is 10.0 Å². The molecule has 1 N–H and O–H groups in total. The first-order valence-corrected chi connectivity index (χ1v) is 9.86. The molecule has 0 bridgehead atoms. The number of benzene rings is 2. The SMILES string of the molecule is CCNC(=O)[C@H](CC)N(Cc1ccc(F)cc1)C(=O)Cc1ccc(Cl)c(Cl)c1. The van der Waals surface area contributed by atoms with Crippen LogP contribution < -0.4 is 5.32 Å². The smallest absolute Gasteiger partial charge is 0.242 e. The van der Waals surface area contributed by atoms with Gasteiger partial charge in [0, 0.05) is 13.1 Å². The number of carbonyl (C=O) groups excluding carboxylic acids is 2. The zero-order valence-corrected chi connectivity index (χ0v) is 17.4. The lowest BCUT2D eigenvalue weighted by atomic mass is 10.1. The topological polar surface area (TPSA) is 49.4 Å². The van der Waals surface area contributed by atoms with Crippen LogP contribution in [0.5, 0.6) is 0 Å². The van der Waals surface area contributed by atoms with Crippen molar-refractivity contribution < 1.29 is 14.0 Å². The average molecular weight is 425 g/mol. The van der Waals surface area contributed by atoms with Crippen molar-refractivity contribution >= 4 is 35.0 Å². The van der Waals surface area contributed by atoms with Gasteiger partial charge in [0.2, 0.25) is 11.8 Å². The number of rotatable bonds is 8. The molecule has 0 saturated heterocycles. The Bertz CT molecular complexity index is 828. The molecule has 0 unspecified atom stereocenters. The van der Waals surface area contributed by atoms with E-state index < -0.39 is 6.04 Å². The molecule has 0 fully saturated rings. The predicted molar refractivity (Wildman–Crippen MR) is 110 cm³/mol. The fourth-order valence-corrected chi connectivity index (χ4v) is 3.24. The molecule has 2 aromatic rings. The minimum atomic E-state index is -0.625. The molecule has 1 atom stereocenters. The molecule has 2 aromatic carbocycles. The zero-order valence-electron chi connectivity index (χ0n) is 15.8. The summed E-state index contributed by atoms with van der Waals surface area (Å²) >= 11 is 12.0. The third kappa shape index (κ3) is 5.94. The highest BCUT2D eigenvalue weighted by atomic mass is 35.5. The molecule has 0 saturated carbocycles. The van der Waals surface area contributed by atoms with Crippen LogP contribution in [0.4, 0.5) is 4.39 Å². The van der Waals surface area contributed by atoms with E-state index in [1.165, 1.54) is 17.0 Å². The third-order valence-electron chi connectivity index (χ3n) is 4.34. The lowest BCUT2D eigenvalue weighted by molar-refractivity contribution is -0.140. The third-order valence-corrected chi connectivity index (χ3v) is 5.08. The van der Waals surface area contributed by atoms with Crippen molar-refractivity contribution in [2.45, 2.75) is 39.3 Å². The Kier molecular flexibility index (Phi) is 8.27. The van der Waals surface area contributed by atoms with Crippen molar-refractivity contribution in [1.82, 2.24) is 10.2 Å². The maximum atomic E-state index is 13.2. The Hall–Kier alpha value is -2.11. The maximum Gasteiger partial charge on any atom is 0.242 e. The summed E-state index contributed by atoms with van der Waals surface area (Å²) in [6.07, 6.45) is 0.536. The number of likely N-dealkylation sites (N-methyl/N-ethyl adjacent to an activating group) is 1. The van der Waals surface area contributed by atoms with Gasteiger partial charge in [0.25, 0.3) is 0 Å². The van der Waals surface area contributed by atoms with Gasteiger partial charge in [-0.05, 0) is 48.7 Å². The van der Waals surface area contributed by atoms with E-state index in [2.05, 4.69) is 5.32 Å². The summed E-state index contributed by atoms with van der Waals surface area (Å²) in [4.78, 5) is 27.1. The van der Waals surface area contributed by atoms with Gasteiger partial charge in [-0.3, -0.25) is 9.59 Å². The monoisotopic (exact) mass is 424 g/mol. The van der Waals surface area contributed by atoms with Gasteiger partial charge in [-0.15, -0.1) is 0 Å². The fraction of sp³-hybridized carbons (Fsp3) is 0.333. The molecule has 0 aliphatic heterocycles. The van der Waals surface area contributed by atoms with Crippen LogP contribution in [0, 0.1) is 5.82 Å². The van der Waals surface area contributed by atoms with Crippen molar-refractivity contribution in [2.24, 2.45) is 0 Å². The molecule has 0 aliphatic carbocycles. The molecule has 7 heteroatoms. The van der Waals surface area contributed by atoms with Crippen molar-refractivity contribution in [3.8, 4) is 0 Å². The average Bonchev–Trinajstić information content (AvgIpc) is 2.66. The minimum Gasteiger partial charge on any atom is -0.355 e. The first-order chi connectivity index (χ1) is 13.3. The van der Waals surface area contributed by atoms with Crippen LogP contribution in [0.3, 0.4) is 0 Å². The van der Waals surface area contributed by atoms with Gasteiger partial charge in [-0.25, -0.2) is 4.39 Å². The van der Waals surface area contributed by atoms with Crippen LogP contribution in [-0.4, -0.2) is 29.3 Å². The molecule has 0 aliphatic rings. The van der Waals surface area contributed by atoms with Gasteiger partial charge in [0.15, 0.2) is 0 Å². The number of hydrogen-bond acceptors (Lipinski definition) is 2. The summed E-state index contributed by atoms with van der Waals surface area (Å²) in [7, 11) is 0. The van der Waals surface area contributed by atoms with Crippen molar-refractivity contribution in [3.05, 3.63) is 69.5 Å². The molecule has 2 amide bonds. The molecule has 150 valence electrons. The number of halogens is 3. The van der Waals surface area contributed by atoms with E-state index >= 15 is 0 Å². The summed E-state index contributed by atoms with van der Waals surface area (Å²) in [5.74, 6) is -0.788. The van der Waals surface area contributed by atoms with Crippen LogP contribution in [0.1, 0.15) is 31.4 Å². The van der Waals surface area contributed by atoms with Crippen LogP contribution in [0.25, 0.3) is 0 Å². The van der Waals surface area contributed by atoms with E-state index in [1.54, 1.807) is 30.3 Å². The van der Waals surface area contributed by atoms with Gasteiger partial charge in [0.1, 0.15) is 11.9 Å². The van der Waals surface area contributed by atoms with E-state index in [-0.39, 0.29) is 30.6 Å². The predicted octanol–water partition coefficient (Wildman–Crippen LogP) is 4.62. The number of amides is 2. The van der Waals surface area contributed by atoms with Gasteiger partial charge in [-0.1, -0.05) is 48.3 Å². The Morgan fingerprint density at radius 2 is 1.68 bits per heavy atom. The Morgan fingerprint density at radius 3 is 2.25 bits per heavy atom. The second kappa shape index (κ2) is 10.4. The quantitative estimate of drug-likeness (QED) is 0.671. The zero-order chi connectivity index (χ0) is 20.7. The largest absolute Gasteiger partial charge is 0.355 e. The summed E-state index contributed by atoms with van der Waals surface area (Å²) in [6, 6.07) is 10.3. The standard InChI is InChI=1S/C21H23Cl2FN2O2/c1-3-19(21(28)25-4-2)26(13-14-5-8-16(24)9-6-14)20(27)12-15-7-10-17(22)18(23)11-15/h5-11,19H,3-4,12-13H2,1-2H3,(H,25,28)/t19-/m0/s1. The minimum absolute atomic E-state index is 0.0774. The molecule has 4 nitrogen and oxygen atoms in total. The maximum absolute atomic E-state index is 13.2. The van der Waals surface area contributed by atoms with Gasteiger partial charge < -0.3 is 10.2 Å². The molecule has 0 radical (unpaired) electrons. The number of nitrogens with one attached hydrogen (secondary N) is 1. The van der Waals surface area contributed by atoms with Gasteiger partial charge in [0.05, 0.1) is 16.5 Å². The Morgan fingerprint density at radius 1 is 1.04 bits per heavy atom. The first-order valence-electron chi connectivity index (χ1n) is 9.11. The fourth-order valence-electron chi connectivity index (χ4n) is 2.92. The highest BCUT2D eigenvalue weighted by molar-refractivity contribution is 6.42. The van der Waals surface area contributed by atoms with Crippen molar-refractivity contribution in [3.63, 3.8) is 0 Å². The van der Waals surface area contributed by atoms with E-state index in [4.69, 9.17) is 23.2 Å². The van der Waals surface area contributed by atoms with Crippen LogP contribution in [0.15, 0.2) is 42.5 Å². The second-order valence-corrected chi connectivity index (χ2v) is 7.21. The summed E-state index contributed by atoms with van der Waals surface area (Å²) in [5, 5.41) is 3.56. The lowest BCUT2D eigenvalue weighted by Gasteiger charge is -2.30. The molecule has 0 aromatic heterocycles. The molecular formula is C21H23Cl2FN2O2. The Labute approximate surface area is 174 Å². The summed E-state index contributed by atoms with van der Waals surface area (Å²) < 4.78 is 13.2. The Balaban J connectivity index is 2.28. The number of hydrogen-bond donors (Lipinski definition) is 1. The van der Waals surface area contributed by atoms with Crippen LogP contribution in [-0.2, 0) is 22.6 Å². The number of carbonyl (C=O) groups is 2. The molecule has 28 heavy (non-hydrogen) atoms. The van der Waals surface area contributed by atoms with Gasteiger partial charge >= 0.3 is 0 Å². The summed E-state index contributed by atoms with van der Waals surface area (Å²) in [6.45, 7) is 4.35. The van der Waals surface area contributed by atoms with Gasteiger partial charge in [-0.2, -0.15) is 0 Å². The molecule has 2 rings (SSSR count). The number of nitrogens with zero attached hydrogens (tertiary/aromatic N) is 1. The normalized spacial score (nSPS) is 11.8. The molecular weight excluding hydrogens is 402 g/mol. The highest BCUT2D eigenvalue weighted by Crippen LogP contribution is 2.23. The molecule has 0 spiro atoms. The van der Waals surface area contributed by atoms with E-state index in [9.17, 15) is 14.0 Å². The van der Waals surface area contributed by atoms with Crippen molar-refractivity contribution in [2.75, 3.05) is 6.54 Å². The van der Waals surface area contributed by atoms with E-state index in [0.29, 0.717) is 28.6 Å². The first kappa shape index (κ1) is 22.2. The van der Waals surface area contributed by atoms with Crippen molar-refractivity contribution in [1.29, 1.82) is 0 Å².